The van der Waals surface area contributed by atoms with Gasteiger partial charge in [0, 0.05) is 30.5 Å². The van der Waals surface area contributed by atoms with E-state index in [9.17, 15) is 18.5 Å². The highest BCUT2D eigenvalue weighted by Gasteiger charge is 2.14. The molecule has 100 valence electrons. The van der Waals surface area contributed by atoms with Crippen LogP contribution in [0, 0.1) is 10.1 Å². The summed E-state index contributed by atoms with van der Waals surface area (Å²) in [5.41, 5.74) is 0.583. The van der Waals surface area contributed by atoms with Crippen LogP contribution in [0.1, 0.15) is 12.5 Å². The van der Waals surface area contributed by atoms with Crippen LogP contribution in [0.3, 0.4) is 0 Å². The molecule has 18 heavy (non-hydrogen) atoms. The number of nitrogens with zero attached hydrogens (tertiary/aromatic N) is 1. The van der Waals surface area contributed by atoms with Crippen LogP contribution in [-0.4, -0.2) is 31.4 Å². The van der Waals surface area contributed by atoms with Gasteiger partial charge in [0.1, 0.15) is 9.84 Å². The first-order valence-corrected chi connectivity index (χ1v) is 7.49. The van der Waals surface area contributed by atoms with Crippen LogP contribution in [0.15, 0.2) is 24.3 Å². The second-order valence-electron chi connectivity index (χ2n) is 4.26. The molecule has 0 saturated carbocycles. The molecule has 0 aliphatic rings. The Morgan fingerprint density at radius 2 is 2.00 bits per heavy atom. The van der Waals surface area contributed by atoms with Crippen molar-refractivity contribution in [2.75, 3.05) is 12.0 Å². The molecule has 0 heterocycles. The lowest BCUT2D eigenvalue weighted by Gasteiger charge is -2.12. The van der Waals surface area contributed by atoms with Crippen LogP contribution in [0.2, 0.25) is 0 Å². The third kappa shape index (κ3) is 4.80. The van der Waals surface area contributed by atoms with Crippen molar-refractivity contribution in [3.05, 3.63) is 39.9 Å². The first-order chi connectivity index (χ1) is 8.29. The number of para-hydroxylation sites is 1. The molecule has 0 aromatic heterocycles. The topological polar surface area (TPSA) is 89.3 Å². The minimum Gasteiger partial charge on any atom is -0.309 e. The molecule has 1 rings (SSSR count). The summed E-state index contributed by atoms with van der Waals surface area (Å²) in [6.45, 7) is 2.00. The summed E-state index contributed by atoms with van der Waals surface area (Å²) in [7, 11) is -3.05. The minimum atomic E-state index is -3.05. The number of nitro groups is 1. The monoisotopic (exact) mass is 272 g/mol. The smallest absolute Gasteiger partial charge is 0.273 e. The summed E-state index contributed by atoms with van der Waals surface area (Å²) >= 11 is 0. The molecule has 1 aromatic rings. The van der Waals surface area contributed by atoms with Crippen LogP contribution in [0.4, 0.5) is 5.69 Å². The zero-order chi connectivity index (χ0) is 13.8. The van der Waals surface area contributed by atoms with Crippen molar-refractivity contribution in [1.29, 1.82) is 0 Å². The van der Waals surface area contributed by atoms with E-state index in [0.717, 1.165) is 6.26 Å². The quantitative estimate of drug-likeness (QED) is 0.619. The highest BCUT2D eigenvalue weighted by molar-refractivity contribution is 7.90. The average Bonchev–Trinajstić information content (AvgIpc) is 2.24. The van der Waals surface area contributed by atoms with Crippen LogP contribution >= 0.6 is 0 Å². The maximum absolute atomic E-state index is 11.1. The van der Waals surface area contributed by atoms with Gasteiger partial charge < -0.3 is 5.32 Å². The van der Waals surface area contributed by atoms with E-state index < -0.39 is 14.8 Å². The zero-order valence-electron chi connectivity index (χ0n) is 10.3. The molecule has 0 aliphatic heterocycles. The fraction of sp³-hybridized carbons (Fsp3) is 0.455. The van der Waals surface area contributed by atoms with Crippen LogP contribution < -0.4 is 5.32 Å². The number of sulfone groups is 1. The zero-order valence-corrected chi connectivity index (χ0v) is 11.1. The standard InChI is InChI=1S/C11H16N2O4S/c1-9(8-18(2,16)17)12-7-10-5-3-4-6-11(10)13(14)15/h3-6,9,12H,7-8H2,1-2H3. The first kappa shape index (κ1) is 14.6. The Morgan fingerprint density at radius 3 is 2.56 bits per heavy atom. The van der Waals surface area contributed by atoms with Gasteiger partial charge in [-0.2, -0.15) is 0 Å². The van der Waals surface area contributed by atoms with E-state index in [1.54, 1.807) is 25.1 Å². The summed E-state index contributed by atoms with van der Waals surface area (Å²) < 4.78 is 22.2. The fourth-order valence-electron chi connectivity index (χ4n) is 1.64. The summed E-state index contributed by atoms with van der Waals surface area (Å²) in [5.74, 6) is 0.00757. The van der Waals surface area contributed by atoms with Gasteiger partial charge in [0.05, 0.1) is 10.7 Å². The van der Waals surface area contributed by atoms with Gasteiger partial charge >= 0.3 is 0 Å². The molecule has 0 radical (unpaired) electrons. The maximum atomic E-state index is 11.1. The van der Waals surface area contributed by atoms with Crippen molar-refractivity contribution < 1.29 is 13.3 Å². The molecule has 0 aliphatic carbocycles. The summed E-state index contributed by atoms with van der Waals surface area (Å²) in [4.78, 5) is 10.3. The summed E-state index contributed by atoms with van der Waals surface area (Å²) in [6.07, 6.45) is 1.16. The number of benzene rings is 1. The highest BCUT2D eigenvalue weighted by atomic mass is 32.2. The molecule has 1 N–H and O–H groups in total. The molecule has 7 heteroatoms. The molecular weight excluding hydrogens is 256 g/mol. The first-order valence-electron chi connectivity index (χ1n) is 5.43. The lowest BCUT2D eigenvalue weighted by atomic mass is 10.2. The molecule has 1 atom stereocenters. The normalized spacial score (nSPS) is 13.2. The fourth-order valence-corrected chi connectivity index (χ4v) is 2.66. The van der Waals surface area contributed by atoms with Gasteiger partial charge in [-0.15, -0.1) is 0 Å². The molecule has 6 nitrogen and oxygen atoms in total. The summed E-state index contributed by atoms with van der Waals surface area (Å²) in [6, 6.07) is 6.14. The van der Waals surface area contributed by atoms with E-state index in [-0.39, 0.29) is 24.0 Å². The van der Waals surface area contributed by atoms with E-state index in [1.807, 2.05) is 0 Å². The predicted molar refractivity (Wildman–Crippen MR) is 69.1 cm³/mol. The van der Waals surface area contributed by atoms with E-state index in [0.29, 0.717) is 5.56 Å². The third-order valence-electron chi connectivity index (χ3n) is 2.38. The van der Waals surface area contributed by atoms with E-state index in [1.165, 1.54) is 6.07 Å². The Morgan fingerprint density at radius 1 is 1.39 bits per heavy atom. The Labute approximate surface area is 106 Å². The maximum Gasteiger partial charge on any atom is 0.273 e. The lowest BCUT2D eigenvalue weighted by Crippen LogP contribution is -2.32. The van der Waals surface area contributed by atoms with E-state index in [2.05, 4.69) is 5.32 Å². The molecule has 0 fully saturated rings. The van der Waals surface area contributed by atoms with Crippen molar-refractivity contribution in [3.63, 3.8) is 0 Å². The van der Waals surface area contributed by atoms with Gasteiger partial charge in [-0.25, -0.2) is 8.42 Å². The van der Waals surface area contributed by atoms with Gasteiger partial charge in [0.25, 0.3) is 5.69 Å². The van der Waals surface area contributed by atoms with Gasteiger partial charge in [-0.1, -0.05) is 18.2 Å². The summed E-state index contributed by atoms with van der Waals surface area (Å²) in [5, 5.41) is 13.7. The molecule has 0 saturated heterocycles. The number of nitro benzene ring substituents is 1. The van der Waals surface area contributed by atoms with Gasteiger partial charge in [0.2, 0.25) is 0 Å². The molecule has 0 amide bonds. The third-order valence-corrected chi connectivity index (χ3v) is 3.49. The molecule has 0 spiro atoms. The molecule has 0 bridgehead atoms. The molecular formula is C11H16N2O4S. The Bertz CT molecular complexity index is 528. The number of rotatable bonds is 6. The van der Waals surface area contributed by atoms with Crippen LogP contribution in [0.25, 0.3) is 0 Å². The SMILES string of the molecule is CC(CS(C)(=O)=O)NCc1ccccc1[N+](=O)[O-]. The second-order valence-corrected chi connectivity index (χ2v) is 6.45. The highest BCUT2D eigenvalue weighted by Crippen LogP contribution is 2.17. The number of nitrogens with one attached hydrogen (secondary N) is 1. The Balaban J connectivity index is 2.67. The van der Waals surface area contributed by atoms with Crippen LogP contribution in [0.5, 0.6) is 0 Å². The van der Waals surface area contributed by atoms with Gasteiger partial charge in [-0.3, -0.25) is 10.1 Å². The Kier molecular flexibility index (Phi) is 4.80. The van der Waals surface area contributed by atoms with Crippen molar-refractivity contribution in [2.24, 2.45) is 0 Å². The lowest BCUT2D eigenvalue weighted by molar-refractivity contribution is -0.385. The average molecular weight is 272 g/mol. The largest absolute Gasteiger partial charge is 0.309 e. The molecule has 1 unspecified atom stereocenters. The minimum absolute atomic E-state index is 0.00757. The van der Waals surface area contributed by atoms with Crippen molar-refractivity contribution in [3.8, 4) is 0 Å². The number of hydrogen-bond acceptors (Lipinski definition) is 5. The predicted octanol–water partition coefficient (Wildman–Crippen LogP) is 1.12. The molecule has 1 aromatic carbocycles. The van der Waals surface area contributed by atoms with E-state index >= 15 is 0 Å². The second kappa shape index (κ2) is 5.92. The van der Waals surface area contributed by atoms with Gasteiger partial charge in [-0.05, 0) is 6.92 Å². The van der Waals surface area contributed by atoms with Gasteiger partial charge in [0.15, 0.2) is 0 Å². The van der Waals surface area contributed by atoms with Crippen molar-refractivity contribution in [1.82, 2.24) is 5.32 Å². The van der Waals surface area contributed by atoms with Crippen LogP contribution in [-0.2, 0) is 16.4 Å². The van der Waals surface area contributed by atoms with E-state index in [4.69, 9.17) is 0 Å². The number of hydrogen-bond donors (Lipinski definition) is 1. The Hall–Kier alpha value is -1.47. The van der Waals surface area contributed by atoms with Crippen molar-refractivity contribution in [2.45, 2.75) is 19.5 Å². The van der Waals surface area contributed by atoms with Crippen molar-refractivity contribution >= 4 is 15.5 Å².